The monoisotopic (exact) mass is 365 g/mol. The highest BCUT2D eigenvalue weighted by Gasteiger charge is 2.10. The van der Waals surface area contributed by atoms with Crippen LogP contribution in [0.1, 0.15) is 28.8 Å². The van der Waals surface area contributed by atoms with E-state index in [1.54, 1.807) is 24.2 Å². The zero-order valence-corrected chi connectivity index (χ0v) is 15.8. The van der Waals surface area contributed by atoms with Gasteiger partial charge in [0.15, 0.2) is 5.78 Å². The zero-order chi connectivity index (χ0) is 19.2. The summed E-state index contributed by atoms with van der Waals surface area (Å²) in [4.78, 5) is 21.1. The van der Waals surface area contributed by atoms with E-state index in [2.05, 4.69) is 20.4 Å². The van der Waals surface area contributed by atoms with Crippen molar-refractivity contribution in [2.75, 3.05) is 19.0 Å². The number of Topliss-reactive ketones (excluding diaryl/α,β-unsaturated/α-hetero) is 1. The maximum Gasteiger partial charge on any atom is 0.227 e. The third-order valence-corrected chi connectivity index (χ3v) is 4.17. The van der Waals surface area contributed by atoms with E-state index in [0.717, 1.165) is 28.9 Å². The second-order valence-corrected chi connectivity index (χ2v) is 6.35. The highest BCUT2D eigenvalue weighted by Crippen LogP contribution is 2.23. The average Bonchev–Trinajstić information content (AvgIpc) is 3.08. The number of aromatic nitrogens is 4. The maximum absolute atomic E-state index is 12.2. The first kappa shape index (κ1) is 18.7. The van der Waals surface area contributed by atoms with E-state index in [4.69, 9.17) is 4.74 Å². The number of nitrogens with one attached hydrogen (secondary N) is 1. The number of nitrogens with zero attached hydrogens (tertiary/aromatic N) is 4. The maximum atomic E-state index is 12.2. The van der Waals surface area contributed by atoms with Crippen molar-refractivity contribution in [2.24, 2.45) is 7.05 Å². The highest BCUT2D eigenvalue weighted by atomic mass is 16.5. The third kappa shape index (κ3) is 4.77. The predicted molar refractivity (Wildman–Crippen MR) is 104 cm³/mol. The van der Waals surface area contributed by atoms with E-state index in [1.807, 2.05) is 44.4 Å². The highest BCUT2D eigenvalue weighted by molar-refractivity contribution is 5.96. The minimum absolute atomic E-state index is 0.122. The van der Waals surface area contributed by atoms with Crippen molar-refractivity contribution in [1.82, 2.24) is 19.7 Å². The lowest BCUT2D eigenvalue weighted by Crippen LogP contribution is -2.02. The Morgan fingerprint density at radius 2 is 2.00 bits per heavy atom. The Bertz CT molecular complexity index is 918. The minimum atomic E-state index is 0.122. The van der Waals surface area contributed by atoms with Gasteiger partial charge >= 0.3 is 0 Å². The number of rotatable bonds is 8. The Hall–Kier alpha value is -3.06. The Balaban J connectivity index is 1.77. The number of methoxy groups -OCH3 is 1. The summed E-state index contributed by atoms with van der Waals surface area (Å²) >= 11 is 0. The summed E-state index contributed by atoms with van der Waals surface area (Å²) in [7, 11) is 3.49. The fourth-order valence-corrected chi connectivity index (χ4v) is 2.74. The third-order valence-electron chi connectivity index (χ3n) is 4.17. The van der Waals surface area contributed by atoms with Crippen LogP contribution < -0.4 is 5.32 Å². The summed E-state index contributed by atoms with van der Waals surface area (Å²) in [5.41, 5.74) is 4.26. The molecule has 0 unspecified atom stereocenters. The quantitative estimate of drug-likeness (QED) is 0.486. The minimum Gasteiger partial charge on any atom is -0.385 e. The van der Waals surface area contributed by atoms with Gasteiger partial charge < -0.3 is 10.1 Å². The first-order valence-corrected chi connectivity index (χ1v) is 8.78. The van der Waals surface area contributed by atoms with Gasteiger partial charge in [-0.25, -0.2) is 9.97 Å². The van der Waals surface area contributed by atoms with Gasteiger partial charge in [-0.1, -0.05) is 24.3 Å². The molecule has 140 valence electrons. The Morgan fingerprint density at radius 3 is 2.67 bits per heavy atom. The lowest BCUT2D eigenvalue weighted by molar-refractivity contribution is 0.0963. The largest absolute Gasteiger partial charge is 0.385 e. The molecule has 0 saturated carbocycles. The average molecular weight is 365 g/mol. The van der Waals surface area contributed by atoms with E-state index in [-0.39, 0.29) is 5.78 Å². The fraction of sp³-hybridized carbons (Fsp3) is 0.300. The second-order valence-electron chi connectivity index (χ2n) is 6.35. The first-order chi connectivity index (χ1) is 13.1. The van der Waals surface area contributed by atoms with Crippen LogP contribution in [-0.4, -0.2) is 39.2 Å². The van der Waals surface area contributed by atoms with Gasteiger partial charge in [0, 0.05) is 50.7 Å². The molecule has 0 bridgehead atoms. The van der Waals surface area contributed by atoms with E-state index < -0.39 is 0 Å². The van der Waals surface area contributed by atoms with E-state index >= 15 is 0 Å². The Morgan fingerprint density at radius 1 is 1.22 bits per heavy atom. The number of hydrogen-bond acceptors (Lipinski definition) is 6. The molecular weight excluding hydrogens is 342 g/mol. The molecule has 2 heterocycles. The van der Waals surface area contributed by atoms with Gasteiger partial charge in [-0.15, -0.1) is 0 Å². The molecule has 1 aromatic carbocycles. The van der Waals surface area contributed by atoms with Crippen molar-refractivity contribution in [2.45, 2.75) is 19.8 Å². The van der Waals surface area contributed by atoms with Crippen LogP contribution in [-0.2, 0) is 11.8 Å². The molecule has 0 atom stereocenters. The molecule has 7 heteroatoms. The van der Waals surface area contributed by atoms with Gasteiger partial charge in [-0.05, 0) is 18.9 Å². The lowest BCUT2D eigenvalue weighted by Gasteiger charge is -2.09. The molecule has 0 saturated heterocycles. The van der Waals surface area contributed by atoms with Gasteiger partial charge in [-0.2, -0.15) is 5.10 Å². The molecule has 3 aromatic rings. The van der Waals surface area contributed by atoms with Crippen molar-refractivity contribution >= 4 is 17.4 Å². The molecule has 0 amide bonds. The van der Waals surface area contributed by atoms with Crippen LogP contribution in [0.2, 0.25) is 0 Å². The summed E-state index contributed by atoms with van der Waals surface area (Å²) in [5.74, 6) is 0.625. The molecule has 0 fully saturated rings. The van der Waals surface area contributed by atoms with Gasteiger partial charge in [0.1, 0.15) is 0 Å². The summed E-state index contributed by atoms with van der Waals surface area (Å²) in [5, 5.41) is 7.27. The number of anilines is 2. The summed E-state index contributed by atoms with van der Waals surface area (Å²) in [6.45, 7) is 2.56. The zero-order valence-electron chi connectivity index (χ0n) is 15.8. The molecule has 0 radical (unpaired) electrons. The summed E-state index contributed by atoms with van der Waals surface area (Å²) in [6.07, 6.45) is 6.56. The molecule has 27 heavy (non-hydrogen) atoms. The van der Waals surface area contributed by atoms with Crippen LogP contribution in [0.15, 0.2) is 42.9 Å². The van der Waals surface area contributed by atoms with E-state index in [1.165, 1.54) is 0 Å². The van der Waals surface area contributed by atoms with Gasteiger partial charge in [0.05, 0.1) is 17.6 Å². The van der Waals surface area contributed by atoms with Crippen molar-refractivity contribution < 1.29 is 9.53 Å². The number of ketones is 1. The number of ether oxygens (including phenoxy) is 1. The second kappa shape index (κ2) is 8.55. The smallest absolute Gasteiger partial charge is 0.227 e. The molecule has 1 N–H and O–H groups in total. The summed E-state index contributed by atoms with van der Waals surface area (Å²) in [6, 6.07) is 7.54. The molecule has 2 aromatic heterocycles. The van der Waals surface area contributed by atoms with Gasteiger partial charge in [-0.3, -0.25) is 9.48 Å². The SMILES string of the molecule is COCCCC(=O)c1ccc(-c2nc(Nc3cnn(C)c3)ncc2C)cc1. The van der Waals surface area contributed by atoms with Crippen molar-refractivity contribution in [1.29, 1.82) is 0 Å². The van der Waals surface area contributed by atoms with E-state index in [0.29, 0.717) is 24.5 Å². The first-order valence-electron chi connectivity index (χ1n) is 8.78. The topological polar surface area (TPSA) is 81.9 Å². The number of carbonyl (C=O) groups is 1. The predicted octanol–water partition coefficient (Wildman–Crippen LogP) is 3.54. The Kier molecular flexibility index (Phi) is 5.93. The number of carbonyl (C=O) groups excluding carboxylic acids is 1. The number of hydrogen-bond donors (Lipinski definition) is 1. The van der Waals surface area contributed by atoms with Crippen LogP contribution in [0, 0.1) is 6.92 Å². The molecule has 0 aliphatic heterocycles. The van der Waals surface area contributed by atoms with Crippen LogP contribution in [0.4, 0.5) is 11.6 Å². The molecule has 7 nitrogen and oxygen atoms in total. The lowest BCUT2D eigenvalue weighted by atomic mass is 10.0. The van der Waals surface area contributed by atoms with Gasteiger partial charge in [0.25, 0.3) is 0 Å². The molecule has 0 spiro atoms. The van der Waals surface area contributed by atoms with Crippen LogP contribution in [0.3, 0.4) is 0 Å². The molecule has 0 aliphatic rings. The van der Waals surface area contributed by atoms with Crippen molar-refractivity contribution in [3.63, 3.8) is 0 Å². The number of benzene rings is 1. The normalized spacial score (nSPS) is 10.8. The van der Waals surface area contributed by atoms with Gasteiger partial charge in [0.2, 0.25) is 5.95 Å². The van der Waals surface area contributed by atoms with Crippen molar-refractivity contribution in [3.8, 4) is 11.3 Å². The number of aryl methyl sites for hydroxylation is 2. The van der Waals surface area contributed by atoms with Crippen LogP contribution in [0.25, 0.3) is 11.3 Å². The molecule has 0 aliphatic carbocycles. The fourth-order valence-electron chi connectivity index (χ4n) is 2.74. The van der Waals surface area contributed by atoms with Crippen molar-refractivity contribution in [3.05, 3.63) is 54.0 Å². The molecule has 3 rings (SSSR count). The molecular formula is C20H23N5O2. The summed E-state index contributed by atoms with van der Waals surface area (Å²) < 4.78 is 6.70. The van der Waals surface area contributed by atoms with Crippen LogP contribution in [0.5, 0.6) is 0 Å². The standard InChI is InChI=1S/C20H23N5O2/c1-14-11-21-20(23-17-12-22-25(2)13-17)24-19(14)16-8-6-15(7-9-16)18(26)5-4-10-27-3/h6-9,11-13H,4-5,10H2,1-3H3,(H,21,23,24). The van der Waals surface area contributed by atoms with E-state index in [9.17, 15) is 4.79 Å². The van der Waals surface area contributed by atoms with Crippen LogP contribution >= 0.6 is 0 Å². The Labute approximate surface area is 158 Å².